The summed E-state index contributed by atoms with van der Waals surface area (Å²) in [7, 11) is 4.07. The maximum atomic E-state index is 12.5. The average Bonchev–Trinajstić information content (AvgIpc) is 3.45. The monoisotopic (exact) mass is 330 g/mol. The van der Waals surface area contributed by atoms with Crippen molar-refractivity contribution >= 4 is 12.0 Å². The molecule has 1 saturated heterocycles. The highest BCUT2D eigenvalue weighted by atomic mass is 16.2. The molecule has 0 N–H and O–H groups in total. The van der Waals surface area contributed by atoms with Gasteiger partial charge >= 0.3 is 6.03 Å². The molecule has 2 fully saturated rings. The van der Waals surface area contributed by atoms with Crippen LogP contribution in [-0.4, -0.2) is 83.6 Å². The van der Waals surface area contributed by atoms with Crippen LogP contribution in [0, 0.1) is 0 Å². The van der Waals surface area contributed by atoms with Gasteiger partial charge in [-0.05, 0) is 19.9 Å². The van der Waals surface area contributed by atoms with Crippen LogP contribution in [0.5, 0.6) is 0 Å². The molecule has 1 aliphatic carbocycles. The minimum Gasteiger partial charge on any atom is -0.338 e. The Morgan fingerprint density at radius 2 is 1.96 bits per heavy atom. The summed E-state index contributed by atoms with van der Waals surface area (Å²) in [6.07, 6.45) is 5.03. The molecule has 4 rings (SSSR count). The Bertz CT molecular complexity index is 624. The van der Waals surface area contributed by atoms with E-state index in [-0.39, 0.29) is 6.03 Å². The number of piperazine rings is 1. The fraction of sp³-hybridized carbons (Fsp3) is 0.706. The molecule has 0 radical (unpaired) electrons. The maximum Gasteiger partial charge on any atom is 0.320 e. The van der Waals surface area contributed by atoms with Crippen molar-refractivity contribution in [2.45, 2.75) is 31.8 Å². The van der Waals surface area contributed by atoms with Crippen LogP contribution in [0.4, 0.5) is 10.7 Å². The van der Waals surface area contributed by atoms with E-state index in [9.17, 15) is 4.79 Å². The lowest BCUT2D eigenvalue weighted by molar-refractivity contribution is 0.155. The van der Waals surface area contributed by atoms with Gasteiger partial charge in [0.2, 0.25) is 5.95 Å². The van der Waals surface area contributed by atoms with Crippen molar-refractivity contribution in [1.82, 2.24) is 24.7 Å². The van der Waals surface area contributed by atoms with Gasteiger partial charge in [-0.2, -0.15) is 0 Å². The number of carbonyl (C=O) groups is 1. The molecular weight excluding hydrogens is 304 g/mol. The molecule has 2 aliphatic heterocycles. The van der Waals surface area contributed by atoms with Crippen molar-refractivity contribution in [3.05, 3.63) is 17.5 Å². The summed E-state index contributed by atoms with van der Waals surface area (Å²) in [5.74, 6) is 0.844. The number of nitrogens with zero attached hydrogens (tertiary/aromatic N) is 6. The van der Waals surface area contributed by atoms with Gasteiger partial charge in [-0.25, -0.2) is 14.8 Å². The van der Waals surface area contributed by atoms with E-state index in [0.717, 1.165) is 69.2 Å². The smallest absolute Gasteiger partial charge is 0.320 e. The zero-order valence-electron chi connectivity index (χ0n) is 14.6. The summed E-state index contributed by atoms with van der Waals surface area (Å²) < 4.78 is 0. The average molecular weight is 330 g/mol. The molecule has 0 atom stereocenters. The number of fused-ring (bicyclic) bond motifs is 1. The van der Waals surface area contributed by atoms with Gasteiger partial charge in [-0.3, -0.25) is 0 Å². The number of anilines is 1. The number of aromatic nitrogens is 2. The predicted molar refractivity (Wildman–Crippen MR) is 92.0 cm³/mol. The van der Waals surface area contributed by atoms with Crippen LogP contribution in [0.2, 0.25) is 0 Å². The van der Waals surface area contributed by atoms with Crippen molar-refractivity contribution in [2.75, 3.05) is 51.7 Å². The van der Waals surface area contributed by atoms with E-state index >= 15 is 0 Å². The van der Waals surface area contributed by atoms with E-state index in [2.05, 4.69) is 21.8 Å². The standard InChI is InChI=1S/C17H26N6O/c1-20-7-9-22(10-8-20)16-18-11-13-12-23(6-5-15(13)19-16)17(24)21(2)14-3-4-14/h11,14H,3-10,12H2,1-2H3. The van der Waals surface area contributed by atoms with E-state index in [1.807, 2.05) is 23.0 Å². The van der Waals surface area contributed by atoms with Gasteiger partial charge in [0.1, 0.15) is 0 Å². The summed E-state index contributed by atoms with van der Waals surface area (Å²) in [6.45, 7) is 5.45. The first-order valence-corrected chi connectivity index (χ1v) is 8.92. The second-order valence-corrected chi connectivity index (χ2v) is 7.23. The van der Waals surface area contributed by atoms with E-state index in [0.29, 0.717) is 12.6 Å². The van der Waals surface area contributed by atoms with Crippen LogP contribution < -0.4 is 4.90 Å². The summed E-state index contributed by atoms with van der Waals surface area (Å²) in [5, 5.41) is 0. The van der Waals surface area contributed by atoms with Crippen molar-refractivity contribution in [2.24, 2.45) is 0 Å². The van der Waals surface area contributed by atoms with E-state index in [4.69, 9.17) is 4.98 Å². The molecular formula is C17H26N6O. The van der Waals surface area contributed by atoms with E-state index in [1.54, 1.807) is 0 Å². The van der Waals surface area contributed by atoms with E-state index < -0.39 is 0 Å². The Kier molecular flexibility index (Phi) is 4.04. The Balaban J connectivity index is 1.44. The molecule has 0 unspecified atom stereocenters. The van der Waals surface area contributed by atoms with Gasteiger partial charge in [-0.1, -0.05) is 0 Å². The Morgan fingerprint density at radius 1 is 1.21 bits per heavy atom. The Hall–Kier alpha value is -1.89. The lowest BCUT2D eigenvalue weighted by atomic mass is 10.1. The highest BCUT2D eigenvalue weighted by Crippen LogP contribution is 2.27. The largest absolute Gasteiger partial charge is 0.338 e. The molecule has 0 bridgehead atoms. The minimum absolute atomic E-state index is 0.145. The van der Waals surface area contributed by atoms with E-state index in [1.165, 1.54) is 0 Å². The van der Waals surface area contributed by atoms with Crippen molar-refractivity contribution in [3.8, 4) is 0 Å². The van der Waals surface area contributed by atoms with Crippen LogP contribution in [0.3, 0.4) is 0 Å². The fourth-order valence-corrected chi connectivity index (χ4v) is 3.47. The number of carbonyl (C=O) groups excluding carboxylic acids is 1. The first-order chi connectivity index (χ1) is 11.6. The quantitative estimate of drug-likeness (QED) is 0.803. The van der Waals surface area contributed by atoms with Crippen LogP contribution in [-0.2, 0) is 13.0 Å². The molecule has 3 heterocycles. The maximum absolute atomic E-state index is 12.5. The zero-order chi connectivity index (χ0) is 16.7. The number of likely N-dealkylation sites (N-methyl/N-ethyl adjacent to an activating group) is 1. The van der Waals surface area contributed by atoms with Gasteiger partial charge < -0.3 is 19.6 Å². The predicted octanol–water partition coefficient (Wildman–Crippen LogP) is 0.801. The topological polar surface area (TPSA) is 55.8 Å². The van der Waals surface area contributed by atoms with Crippen molar-refractivity contribution in [3.63, 3.8) is 0 Å². The highest BCUT2D eigenvalue weighted by Gasteiger charge is 2.33. The molecule has 24 heavy (non-hydrogen) atoms. The first-order valence-electron chi connectivity index (χ1n) is 8.92. The molecule has 2 amide bonds. The van der Waals surface area contributed by atoms with Gasteiger partial charge in [0.15, 0.2) is 0 Å². The third-order valence-electron chi connectivity index (χ3n) is 5.37. The van der Waals surface area contributed by atoms with Gasteiger partial charge in [0, 0.05) is 64.0 Å². The first kappa shape index (κ1) is 15.6. The summed E-state index contributed by atoms with van der Waals surface area (Å²) in [6, 6.07) is 0.598. The molecule has 7 nitrogen and oxygen atoms in total. The minimum atomic E-state index is 0.145. The number of hydrogen-bond donors (Lipinski definition) is 0. The molecule has 1 aromatic rings. The number of hydrogen-bond acceptors (Lipinski definition) is 5. The van der Waals surface area contributed by atoms with Gasteiger partial charge in [0.25, 0.3) is 0 Å². The third kappa shape index (κ3) is 3.05. The molecule has 7 heteroatoms. The van der Waals surface area contributed by atoms with Crippen LogP contribution >= 0.6 is 0 Å². The lowest BCUT2D eigenvalue weighted by Gasteiger charge is -2.34. The number of amides is 2. The number of urea groups is 1. The molecule has 0 aromatic carbocycles. The Morgan fingerprint density at radius 3 is 2.67 bits per heavy atom. The summed E-state index contributed by atoms with van der Waals surface area (Å²) in [5.41, 5.74) is 2.20. The van der Waals surface area contributed by atoms with Crippen molar-refractivity contribution < 1.29 is 4.79 Å². The SMILES string of the molecule is CN1CCN(c2ncc3c(n2)CCN(C(=O)N(C)C2CC2)C3)CC1. The van der Waals surface area contributed by atoms with Crippen LogP contribution in [0.1, 0.15) is 24.1 Å². The second kappa shape index (κ2) is 6.20. The fourth-order valence-electron chi connectivity index (χ4n) is 3.47. The Labute approximate surface area is 143 Å². The summed E-state index contributed by atoms with van der Waals surface area (Å²) >= 11 is 0. The lowest BCUT2D eigenvalue weighted by Crippen LogP contribution is -2.46. The molecule has 1 saturated carbocycles. The van der Waals surface area contributed by atoms with Crippen LogP contribution in [0.25, 0.3) is 0 Å². The third-order valence-corrected chi connectivity index (χ3v) is 5.37. The normalized spacial score (nSPS) is 21.6. The molecule has 3 aliphatic rings. The summed E-state index contributed by atoms with van der Waals surface area (Å²) in [4.78, 5) is 30.3. The number of rotatable bonds is 2. The second-order valence-electron chi connectivity index (χ2n) is 7.23. The zero-order valence-corrected chi connectivity index (χ0v) is 14.6. The molecule has 130 valence electrons. The molecule has 0 spiro atoms. The highest BCUT2D eigenvalue weighted by molar-refractivity contribution is 5.75. The van der Waals surface area contributed by atoms with Gasteiger partial charge in [-0.15, -0.1) is 0 Å². The van der Waals surface area contributed by atoms with Gasteiger partial charge in [0.05, 0.1) is 12.2 Å². The van der Waals surface area contributed by atoms with Crippen LogP contribution in [0.15, 0.2) is 6.20 Å². The molecule has 1 aromatic heterocycles. The van der Waals surface area contributed by atoms with Crippen molar-refractivity contribution in [1.29, 1.82) is 0 Å².